The van der Waals surface area contributed by atoms with E-state index in [2.05, 4.69) is 5.32 Å². The van der Waals surface area contributed by atoms with Crippen molar-refractivity contribution in [2.75, 3.05) is 6.54 Å². The smallest absolute Gasteiger partial charge is 0.223 e. The molecule has 1 saturated heterocycles. The van der Waals surface area contributed by atoms with Crippen LogP contribution in [0, 0.1) is 10.8 Å². The topological polar surface area (TPSA) is 69.6 Å². The average molecular weight is 409 g/mol. The largest absolute Gasteiger partial charge is 0.388 e. The average Bonchev–Trinajstić information content (AvgIpc) is 2.99. The highest BCUT2D eigenvalue weighted by atomic mass is 32.1. The Morgan fingerprint density at radius 3 is 2.32 bits per heavy atom. The van der Waals surface area contributed by atoms with E-state index in [1.807, 2.05) is 64.0 Å². The van der Waals surface area contributed by atoms with Crippen LogP contribution in [-0.4, -0.2) is 40.0 Å². The fourth-order valence-electron chi connectivity index (χ4n) is 3.71. The number of nitrogens with one attached hydrogen (secondary N) is 1. The highest BCUT2D eigenvalue weighted by Gasteiger charge is 2.48. The van der Waals surface area contributed by atoms with Crippen LogP contribution in [0.4, 0.5) is 0 Å². The second-order valence-corrected chi connectivity index (χ2v) is 11.7. The molecule has 0 spiro atoms. The summed E-state index contributed by atoms with van der Waals surface area (Å²) in [7, 11) is 0. The lowest BCUT2D eigenvalue weighted by molar-refractivity contribution is -0.147. The molecule has 3 atom stereocenters. The lowest BCUT2D eigenvalue weighted by Crippen LogP contribution is -2.63. The van der Waals surface area contributed by atoms with Gasteiger partial charge in [-0.1, -0.05) is 47.6 Å². The number of hydrogen-bond acceptors (Lipinski definition) is 4. The molecule has 1 fully saturated rings. The number of rotatable bonds is 4. The normalized spacial score (nSPS) is 26.2. The fraction of sp³-hybridized carbons (Fsp3) is 0.727. The molecular formula is C22H36N2O3S. The van der Waals surface area contributed by atoms with Crippen molar-refractivity contribution in [1.29, 1.82) is 0 Å². The molecule has 3 unspecified atom stereocenters. The first-order valence-corrected chi connectivity index (χ1v) is 10.9. The molecule has 5 nitrogen and oxygen atoms in total. The molecular weight excluding hydrogens is 372 g/mol. The molecule has 1 aromatic rings. The summed E-state index contributed by atoms with van der Waals surface area (Å²) in [5, 5.41) is 16.2. The van der Waals surface area contributed by atoms with Crippen molar-refractivity contribution in [3.63, 3.8) is 0 Å². The standard InChI is InChI=1S/C22H36N2O3S/c1-20(2,3)13-16(25)23-19-18(15-9-8-12-28-15)24(11-10-22(19,7)27)17(26)14-21(4,5)6/h8-9,12,18-19,27H,10-11,13-14H2,1-7H3,(H,23,25). The van der Waals surface area contributed by atoms with E-state index in [0.29, 0.717) is 25.8 Å². The van der Waals surface area contributed by atoms with Gasteiger partial charge in [0, 0.05) is 24.3 Å². The van der Waals surface area contributed by atoms with Gasteiger partial charge in [0.2, 0.25) is 11.8 Å². The third-order valence-electron chi connectivity index (χ3n) is 5.02. The summed E-state index contributed by atoms with van der Waals surface area (Å²) in [6, 6.07) is 3.03. The molecule has 2 amide bonds. The van der Waals surface area contributed by atoms with Crippen molar-refractivity contribution in [2.24, 2.45) is 10.8 Å². The predicted octanol–water partition coefficient (Wildman–Crippen LogP) is 4.13. The number of aliphatic hydroxyl groups is 1. The molecule has 0 saturated carbocycles. The molecule has 1 aromatic heterocycles. The first-order valence-electron chi connectivity index (χ1n) is 10.0. The summed E-state index contributed by atoms with van der Waals surface area (Å²) in [4.78, 5) is 28.7. The molecule has 0 bridgehead atoms. The lowest BCUT2D eigenvalue weighted by atomic mass is 9.80. The molecule has 1 aliphatic rings. The minimum atomic E-state index is -1.08. The number of carbonyl (C=O) groups is 2. The van der Waals surface area contributed by atoms with Crippen LogP contribution >= 0.6 is 11.3 Å². The third-order valence-corrected chi connectivity index (χ3v) is 5.97. The van der Waals surface area contributed by atoms with E-state index in [-0.39, 0.29) is 28.7 Å². The summed E-state index contributed by atoms with van der Waals surface area (Å²) < 4.78 is 0. The van der Waals surface area contributed by atoms with Gasteiger partial charge in [-0.25, -0.2) is 0 Å². The van der Waals surface area contributed by atoms with Crippen LogP contribution < -0.4 is 5.32 Å². The first kappa shape index (κ1) is 22.9. The van der Waals surface area contributed by atoms with Crippen LogP contribution in [0.2, 0.25) is 0 Å². The maximum absolute atomic E-state index is 13.1. The molecule has 0 aromatic carbocycles. The van der Waals surface area contributed by atoms with E-state index in [0.717, 1.165) is 4.88 Å². The maximum atomic E-state index is 13.1. The van der Waals surface area contributed by atoms with Gasteiger partial charge in [0.25, 0.3) is 0 Å². The summed E-state index contributed by atoms with van der Waals surface area (Å²) in [6.07, 6.45) is 1.23. The Balaban J connectivity index is 2.36. The van der Waals surface area contributed by atoms with Gasteiger partial charge < -0.3 is 15.3 Å². The minimum Gasteiger partial charge on any atom is -0.388 e. The van der Waals surface area contributed by atoms with Crippen molar-refractivity contribution in [2.45, 2.75) is 85.4 Å². The summed E-state index contributed by atoms with van der Waals surface area (Å²) in [5.74, 6) is -0.0269. The van der Waals surface area contributed by atoms with Crippen molar-refractivity contribution in [3.8, 4) is 0 Å². The van der Waals surface area contributed by atoms with Gasteiger partial charge in [-0.2, -0.15) is 0 Å². The van der Waals surface area contributed by atoms with Crippen molar-refractivity contribution < 1.29 is 14.7 Å². The van der Waals surface area contributed by atoms with Crippen LogP contribution in [0.5, 0.6) is 0 Å². The van der Waals surface area contributed by atoms with E-state index in [1.165, 1.54) is 0 Å². The fourth-order valence-corrected chi connectivity index (χ4v) is 4.59. The Kier molecular flexibility index (Phi) is 6.66. The van der Waals surface area contributed by atoms with Crippen LogP contribution in [0.3, 0.4) is 0 Å². The van der Waals surface area contributed by atoms with Crippen LogP contribution in [0.15, 0.2) is 17.5 Å². The summed E-state index contributed by atoms with van der Waals surface area (Å²) in [6.45, 7) is 14.4. The monoisotopic (exact) mass is 408 g/mol. The second kappa shape index (κ2) is 8.15. The van der Waals surface area contributed by atoms with Gasteiger partial charge in [0.05, 0.1) is 17.7 Å². The maximum Gasteiger partial charge on any atom is 0.223 e. The number of carbonyl (C=O) groups excluding carboxylic acids is 2. The van der Waals surface area contributed by atoms with Gasteiger partial charge >= 0.3 is 0 Å². The second-order valence-electron chi connectivity index (χ2n) is 10.7. The van der Waals surface area contributed by atoms with E-state index < -0.39 is 11.6 Å². The van der Waals surface area contributed by atoms with Crippen molar-refractivity contribution in [1.82, 2.24) is 10.2 Å². The molecule has 0 radical (unpaired) electrons. The molecule has 1 aliphatic heterocycles. The predicted molar refractivity (Wildman–Crippen MR) is 114 cm³/mol. The Bertz CT molecular complexity index is 684. The summed E-state index contributed by atoms with van der Waals surface area (Å²) >= 11 is 1.56. The van der Waals surface area contributed by atoms with Gasteiger partial charge in [-0.3, -0.25) is 9.59 Å². The van der Waals surface area contributed by atoms with Crippen LogP contribution in [0.25, 0.3) is 0 Å². The van der Waals surface area contributed by atoms with Crippen LogP contribution in [-0.2, 0) is 9.59 Å². The molecule has 28 heavy (non-hydrogen) atoms. The van der Waals surface area contributed by atoms with Gasteiger partial charge in [-0.05, 0) is 35.6 Å². The quantitative estimate of drug-likeness (QED) is 0.787. The molecule has 158 valence electrons. The SMILES string of the molecule is CC(C)(C)CC(=O)NC1C(c2cccs2)N(C(=O)CC(C)(C)C)CCC1(C)O. The zero-order valence-electron chi connectivity index (χ0n) is 18.3. The third kappa shape index (κ3) is 6.05. The van der Waals surface area contributed by atoms with Crippen molar-refractivity contribution in [3.05, 3.63) is 22.4 Å². The van der Waals surface area contributed by atoms with Gasteiger partial charge in [0.1, 0.15) is 0 Å². The number of nitrogens with zero attached hydrogens (tertiary/aromatic N) is 1. The number of hydrogen-bond donors (Lipinski definition) is 2. The molecule has 6 heteroatoms. The van der Waals surface area contributed by atoms with Gasteiger partial charge in [0.15, 0.2) is 0 Å². The number of thiophene rings is 1. The number of piperidine rings is 1. The molecule has 0 aliphatic carbocycles. The van der Waals surface area contributed by atoms with Gasteiger partial charge in [-0.15, -0.1) is 11.3 Å². The number of likely N-dealkylation sites (tertiary alicyclic amines) is 1. The Morgan fingerprint density at radius 2 is 1.82 bits per heavy atom. The Labute approximate surface area is 173 Å². The van der Waals surface area contributed by atoms with E-state index >= 15 is 0 Å². The van der Waals surface area contributed by atoms with E-state index in [1.54, 1.807) is 18.3 Å². The Hall–Kier alpha value is -1.40. The Morgan fingerprint density at radius 1 is 1.21 bits per heavy atom. The highest BCUT2D eigenvalue weighted by molar-refractivity contribution is 7.10. The zero-order valence-corrected chi connectivity index (χ0v) is 19.2. The molecule has 2 rings (SSSR count). The molecule has 2 heterocycles. The van der Waals surface area contributed by atoms with Crippen LogP contribution in [0.1, 0.15) is 78.6 Å². The minimum absolute atomic E-state index is 0.0662. The lowest BCUT2D eigenvalue weighted by Gasteiger charge is -2.49. The summed E-state index contributed by atoms with van der Waals surface area (Å²) in [5.41, 5.74) is -1.35. The first-order chi connectivity index (χ1) is 12.7. The number of amides is 2. The molecule has 2 N–H and O–H groups in total. The van der Waals surface area contributed by atoms with E-state index in [4.69, 9.17) is 0 Å². The highest BCUT2D eigenvalue weighted by Crippen LogP contribution is 2.40. The van der Waals surface area contributed by atoms with Crippen molar-refractivity contribution >= 4 is 23.2 Å². The zero-order chi connectivity index (χ0) is 21.3. The van der Waals surface area contributed by atoms with E-state index in [9.17, 15) is 14.7 Å².